The molecule has 0 aliphatic heterocycles. The van der Waals surface area contributed by atoms with E-state index in [2.05, 4.69) is 26.8 Å². The molecule has 0 aliphatic carbocycles. The van der Waals surface area contributed by atoms with Gasteiger partial charge >= 0.3 is 12.7 Å². The van der Waals surface area contributed by atoms with E-state index in [0.717, 1.165) is 6.92 Å². The van der Waals surface area contributed by atoms with E-state index < -0.39 is 12.7 Å². The molecule has 0 bridgehead atoms. The minimum absolute atomic E-state index is 0.721. The summed E-state index contributed by atoms with van der Waals surface area (Å²) >= 11 is 4.28. The van der Waals surface area contributed by atoms with Gasteiger partial charge in [-0.1, -0.05) is 0 Å². The van der Waals surface area contributed by atoms with Crippen LogP contribution in [0.15, 0.2) is 0 Å². The lowest BCUT2D eigenvalue weighted by molar-refractivity contribution is -0.133. The quantitative estimate of drug-likeness (QED) is 0.300. The van der Waals surface area contributed by atoms with Crippen LogP contribution in [0, 0.1) is 0 Å². The highest BCUT2D eigenvalue weighted by molar-refractivity contribution is 8.07. The molecule has 10 heavy (non-hydrogen) atoms. The Hall–Kier alpha value is -0.0400. The highest BCUT2D eigenvalue weighted by Gasteiger charge is 2.17. The van der Waals surface area contributed by atoms with Gasteiger partial charge in [0.1, 0.15) is 0 Å². The number of nitrogens with two attached hydrogens (primary N) is 1. The molecule has 0 aromatic heterocycles. The lowest BCUT2D eigenvalue weighted by atomic mass is 10.9. The first-order valence-corrected chi connectivity index (χ1v) is 4.74. The van der Waals surface area contributed by atoms with Gasteiger partial charge in [0.2, 0.25) is 0 Å². The summed E-state index contributed by atoms with van der Waals surface area (Å²) in [7, 11) is 0. The van der Waals surface area contributed by atoms with Crippen LogP contribution in [-0.4, -0.2) is 10.9 Å². The average molecular weight is 186 g/mol. The monoisotopic (exact) mass is 186 g/mol. The summed E-state index contributed by atoms with van der Waals surface area (Å²) in [6, 6.07) is 0. The van der Waals surface area contributed by atoms with E-state index >= 15 is 0 Å². The van der Waals surface area contributed by atoms with Gasteiger partial charge in [-0.2, -0.15) is 4.62 Å². The van der Waals surface area contributed by atoms with Crippen molar-refractivity contribution in [2.24, 2.45) is 5.84 Å². The first kappa shape index (κ1) is 9.96. The third kappa shape index (κ3) is 4.80. The molecule has 0 fully saturated rings. The van der Waals surface area contributed by atoms with Gasteiger partial charge < -0.3 is 9.42 Å². The van der Waals surface area contributed by atoms with Crippen molar-refractivity contribution >= 4 is 24.5 Å². The van der Waals surface area contributed by atoms with E-state index in [1.807, 2.05) is 0 Å². The van der Waals surface area contributed by atoms with Crippen molar-refractivity contribution in [2.75, 3.05) is 0 Å². The lowest BCUT2D eigenvalue weighted by Gasteiger charge is -2.11. The van der Waals surface area contributed by atoms with Crippen molar-refractivity contribution in [1.29, 1.82) is 0 Å². The van der Waals surface area contributed by atoms with E-state index in [1.54, 1.807) is 5.59 Å². The van der Waals surface area contributed by atoms with Crippen LogP contribution in [-0.2, 0) is 25.7 Å². The molecule has 1 atom stereocenters. The fourth-order valence-corrected chi connectivity index (χ4v) is 1.19. The first-order chi connectivity index (χ1) is 4.48. The second-order valence-corrected chi connectivity index (χ2v) is 3.95. The largest absolute Gasteiger partial charge is 0.398 e. The average Bonchev–Trinajstić information content (AvgIpc) is 1.59. The number of carbonyl (C=O) groups is 1. The molecule has 0 radical (unpaired) electrons. The number of rotatable bonds is 3. The third-order valence-electron chi connectivity index (χ3n) is 0.412. The Morgan fingerprint density at radius 3 is 2.70 bits per heavy atom. The maximum atomic E-state index is 10.2. The van der Waals surface area contributed by atoms with Crippen LogP contribution in [0.2, 0.25) is 0 Å². The van der Waals surface area contributed by atoms with Crippen LogP contribution in [0.1, 0.15) is 6.92 Å². The van der Waals surface area contributed by atoms with Gasteiger partial charge in [-0.25, -0.2) is 5.84 Å². The Balaban J connectivity index is 3.87. The summed E-state index contributed by atoms with van der Waals surface area (Å²) in [5.74, 6) is 3.91. The van der Waals surface area contributed by atoms with Gasteiger partial charge in [0.05, 0.1) is 0 Å². The summed E-state index contributed by atoms with van der Waals surface area (Å²) in [4.78, 5) is 19.0. The third-order valence-corrected chi connectivity index (χ3v) is 1.68. The molecular weight excluding hydrogens is 179 g/mol. The minimum atomic E-state index is -3.50. The lowest BCUT2D eigenvalue weighted by Crippen LogP contribution is -2.21. The van der Waals surface area contributed by atoms with Crippen LogP contribution in [0.5, 0.6) is 0 Å². The van der Waals surface area contributed by atoms with Gasteiger partial charge in [-0.15, -0.1) is 5.59 Å². The van der Waals surface area contributed by atoms with Gasteiger partial charge in [0.15, 0.2) is 0 Å². The smallest absolute Gasteiger partial charge is 0.391 e. The van der Waals surface area contributed by atoms with Crippen LogP contribution in [0.4, 0.5) is 0 Å². The Morgan fingerprint density at radius 1 is 1.90 bits per heavy atom. The summed E-state index contributed by atoms with van der Waals surface area (Å²) in [6.45, 7) is -2.41. The van der Waals surface area contributed by atoms with Crippen molar-refractivity contribution in [1.82, 2.24) is 5.59 Å². The maximum Gasteiger partial charge on any atom is 0.398 e. The molecule has 60 valence electrons. The van der Waals surface area contributed by atoms with Crippen molar-refractivity contribution in [2.45, 2.75) is 6.92 Å². The zero-order chi connectivity index (χ0) is 8.20. The van der Waals surface area contributed by atoms with E-state index in [4.69, 9.17) is 4.89 Å². The molecule has 0 aliphatic rings. The second kappa shape index (κ2) is 3.97. The molecule has 0 spiro atoms. The van der Waals surface area contributed by atoms with E-state index in [1.165, 1.54) is 0 Å². The topological polar surface area (TPSA) is 93.8 Å². The molecule has 1 unspecified atom stereocenters. The highest BCUT2D eigenvalue weighted by atomic mass is 32.5. The van der Waals surface area contributed by atoms with E-state index in [-0.39, 0.29) is 0 Å². The van der Waals surface area contributed by atoms with E-state index in [0.29, 0.717) is 0 Å². The molecule has 0 amide bonds. The van der Waals surface area contributed by atoms with Crippen molar-refractivity contribution in [3.63, 3.8) is 0 Å². The predicted octanol–water partition coefficient (Wildman–Crippen LogP) is -0.839. The first-order valence-electron chi connectivity index (χ1n) is 2.15. The van der Waals surface area contributed by atoms with Crippen molar-refractivity contribution < 1.29 is 18.8 Å². The number of nitrogens with one attached hydrogen (secondary N) is 1. The molecule has 0 saturated carbocycles. The number of hydrogen-bond donors (Lipinski definition) is 3. The highest BCUT2D eigenvalue weighted by Crippen LogP contribution is 2.41. The standard InChI is InChI=1S/C2H7N2O4PS/c1-2(5)7-9(6,10)8-4-3/h4H,3H2,1H3,(H,6,10). The molecule has 0 aromatic rings. The summed E-state index contributed by atoms with van der Waals surface area (Å²) in [5, 5.41) is 0. The Kier molecular flexibility index (Phi) is 3.95. The summed E-state index contributed by atoms with van der Waals surface area (Å²) < 4.78 is 8.26. The predicted molar refractivity (Wildman–Crippen MR) is 36.7 cm³/mol. The van der Waals surface area contributed by atoms with E-state index in [9.17, 15) is 4.79 Å². The molecular formula is C2H7N2O4PS. The number of hydrogen-bond acceptors (Lipinski definition) is 6. The Labute approximate surface area is 62.5 Å². The van der Waals surface area contributed by atoms with Gasteiger partial charge in [-0.05, 0) is 0 Å². The van der Waals surface area contributed by atoms with Crippen LogP contribution in [0.25, 0.3) is 0 Å². The van der Waals surface area contributed by atoms with Crippen LogP contribution < -0.4 is 11.4 Å². The number of carbonyl (C=O) groups excluding carboxylic acids is 1. The molecule has 0 saturated heterocycles. The van der Waals surface area contributed by atoms with Gasteiger partial charge in [0, 0.05) is 18.7 Å². The van der Waals surface area contributed by atoms with Gasteiger partial charge in [0.25, 0.3) is 0 Å². The van der Waals surface area contributed by atoms with Crippen molar-refractivity contribution in [3.8, 4) is 0 Å². The SMILES string of the molecule is CC(=O)OP(O)(=S)ONN. The maximum absolute atomic E-state index is 10.2. The molecule has 4 N–H and O–H groups in total. The summed E-state index contributed by atoms with van der Waals surface area (Å²) in [6.07, 6.45) is 0. The fraction of sp³-hybridized carbons (Fsp3) is 0.500. The minimum Gasteiger partial charge on any atom is -0.391 e. The van der Waals surface area contributed by atoms with Gasteiger partial charge in [-0.3, -0.25) is 4.79 Å². The molecule has 0 aromatic carbocycles. The zero-order valence-electron chi connectivity index (χ0n) is 5.10. The molecule has 0 rings (SSSR count). The van der Waals surface area contributed by atoms with Crippen LogP contribution in [0.3, 0.4) is 0 Å². The molecule has 6 nitrogen and oxygen atoms in total. The Bertz CT molecular complexity index is 173. The normalized spacial score (nSPS) is 15.9. The zero-order valence-corrected chi connectivity index (χ0v) is 6.82. The van der Waals surface area contributed by atoms with Crippen LogP contribution >= 0.6 is 6.72 Å². The molecule has 0 heterocycles. The second-order valence-electron chi connectivity index (χ2n) is 1.26. The number of hydrazine groups is 1. The van der Waals surface area contributed by atoms with Crippen molar-refractivity contribution in [3.05, 3.63) is 0 Å². The summed E-state index contributed by atoms with van der Waals surface area (Å²) in [5.41, 5.74) is 1.63. The fourth-order valence-electron chi connectivity index (χ4n) is 0.248. The molecule has 8 heteroatoms. The Morgan fingerprint density at radius 2 is 2.40 bits per heavy atom.